The Morgan fingerprint density at radius 3 is 3.00 bits per heavy atom. The molecule has 2 rings (SSSR count). The van der Waals surface area contributed by atoms with E-state index in [1.165, 1.54) is 5.06 Å². The van der Waals surface area contributed by atoms with Gasteiger partial charge in [0.2, 0.25) is 6.67 Å². The van der Waals surface area contributed by atoms with Crippen LogP contribution in [-0.2, 0) is 0 Å². The van der Waals surface area contributed by atoms with Gasteiger partial charge in [0.15, 0.2) is 5.71 Å². The van der Waals surface area contributed by atoms with Gasteiger partial charge in [-0.2, -0.15) is 4.74 Å². The minimum atomic E-state index is -0.361. The van der Waals surface area contributed by atoms with Crippen molar-refractivity contribution in [3.05, 3.63) is 5.21 Å². The van der Waals surface area contributed by atoms with E-state index in [-0.39, 0.29) is 12.2 Å². The molecule has 0 aromatic rings. The Labute approximate surface area is 71.6 Å². The van der Waals surface area contributed by atoms with Crippen molar-refractivity contribution in [2.45, 2.75) is 38.1 Å². The fourth-order valence-corrected chi connectivity index (χ4v) is 2.21. The maximum atomic E-state index is 11.3. The van der Waals surface area contributed by atoms with Crippen LogP contribution in [0.5, 0.6) is 0 Å². The maximum Gasteiger partial charge on any atom is 0.231 e. The number of nitrogens with zero attached hydrogens (tertiary/aromatic N) is 2. The average molecular weight is 170 g/mol. The van der Waals surface area contributed by atoms with Gasteiger partial charge in [0.1, 0.15) is 5.54 Å². The molecule has 1 atom stereocenters. The van der Waals surface area contributed by atoms with Crippen LogP contribution < -0.4 is 0 Å². The van der Waals surface area contributed by atoms with Crippen molar-refractivity contribution in [3.8, 4) is 0 Å². The highest BCUT2D eigenvalue weighted by molar-refractivity contribution is 5.90. The van der Waals surface area contributed by atoms with E-state index in [1.54, 1.807) is 0 Å². The van der Waals surface area contributed by atoms with E-state index in [1.807, 2.05) is 6.92 Å². The number of fused-ring (bicyclic) bond motifs is 1. The zero-order valence-electron chi connectivity index (χ0n) is 7.29. The van der Waals surface area contributed by atoms with E-state index in [2.05, 4.69) is 0 Å². The predicted octanol–water partition coefficient (Wildman–Crippen LogP) is 0.933. The molecule has 68 valence electrons. The van der Waals surface area contributed by atoms with Crippen molar-refractivity contribution in [2.75, 3.05) is 6.67 Å². The molecule has 0 radical (unpaired) electrons. The lowest BCUT2D eigenvalue weighted by molar-refractivity contribution is -0.488. The molecule has 1 saturated carbocycles. The Morgan fingerprint density at radius 2 is 2.33 bits per heavy atom. The summed E-state index contributed by atoms with van der Waals surface area (Å²) in [6, 6.07) is 0. The summed E-state index contributed by atoms with van der Waals surface area (Å²) in [5.41, 5.74) is 0.497. The van der Waals surface area contributed by atoms with Gasteiger partial charge in [-0.3, -0.25) is 0 Å². The van der Waals surface area contributed by atoms with Gasteiger partial charge >= 0.3 is 0 Å². The van der Waals surface area contributed by atoms with Gasteiger partial charge in [0.05, 0.1) is 0 Å². The molecule has 0 amide bonds. The van der Waals surface area contributed by atoms with Crippen LogP contribution in [-0.4, -0.2) is 32.9 Å². The normalized spacial score (nSPS) is 37.2. The van der Waals surface area contributed by atoms with Crippen LogP contribution in [0.2, 0.25) is 0 Å². The second-order valence-corrected chi connectivity index (χ2v) is 3.85. The van der Waals surface area contributed by atoms with Crippen molar-refractivity contribution in [1.29, 1.82) is 0 Å². The van der Waals surface area contributed by atoms with Crippen molar-refractivity contribution in [2.24, 2.45) is 0 Å². The molecule has 12 heavy (non-hydrogen) atoms. The first-order valence-electron chi connectivity index (χ1n) is 4.42. The fourth-order valence-electron chi connectivity index (χ4n) is 2.21. The van der Waals surface area contributed by atoms with Crippen LogP contribution in [0.4, 0.5) is 0 Å². The topological polar surface area (TPSA) is 49.5 Å². The quantitative estimate of drug-likeness (QED) is 0.434. The third-order valence-electron chi connectivity index (χ3n) is 3.08. The second-order valence-electron chi connectivity index (χ2n) is 3.85. The molecule has 1 aliphatic heterocycles. The summed E-state index contributed by atoms with van der Waals surface area (Å²) in [6.07, 6.45) is 3.93. The van der Waals surface area contributed by atoms with Crippen LogP contribution >= 0.6 is 0 Å². The fraction of sp³-hybridized carbons (Fsp3) is 0.875. The van der Waals surface area contributed by atoms with Crippen LogP contribution in [0.25, 0.3) is 0 Å². The highest BCUT2D eigenvalue weighted by Crippen LogP contribution is 2.33. The molecule has 0 aromatic heterocycles. The van der Waals surface area contributed by atoms with E-state index >= 15 is 0 Å². The number of hydrogen-bond acceptors (Lipinski definition) is 3. The van der Waals surface area contributed by atoms with Gasteiger partial charge in [-0.25, -0.2) is 0 Å². The summed E-state index contributed by atoms with van der Waals surface area (Å²) in [5.74, 6) is 0. The van der Waals surface area contributed by atoms with Gasteiger partial charge in [0.25, 0.3) is 0 Å². The first-order chi connectivity index (χ1) is 5.64. The third-order valence-corrected chi connectivity index (χ3v) is 3.08. The van der Waals surface area contributed by atoms with E-state index < -0.39 is 0 Å². The molecule has 4 nitrogen and oxygen atoms in total. The summed E-state index contributed by atoms with van der Waals surface area (Å²) < 4.78 is 0.930. The van der Waals surface area contributed by atoms with Crippen LogP contribution in [0.3, 0.4) is 0 Å². The molecular weight excluding hydrogens is 156 g/mol. The number of hydrogen-bond donors (Lipinski definition) is 1. The Morgan fingerprint density at radius 1 is 1.58 bits per heavy atom. The molecule has 0 unspecified atom stereocenters. The Kier molecular flexibility index (Phi) is 1.63. The third kappa shape index (κ3) is 0.881. The largest absolute Gasteiger partial charge is 0.623 e. The number of rotatable bonds is 0. The molecule has 1 heterocycles. The van der Waals surface area contributed by atoms with E-state index in [9.17, 15) is 10.4 Å². The van der Waals surface area contributed by atoms with Crippen molar-refractivity contribution >= 4 is 5.71 Å². The monoisotopic (exact) mass is 170 g/mol. The Balaban J connectivity index is 2.34. The maximum absolute atomic E-state index is 11.3. The smallest absolute Gasteiger partial charge is 0.231 e. The summed E-state index contributed by atoms with van der Waals surface area (Å²) in [5, 5.41) is 22.0. The van der Waals surface area contributed by atoms with Gasteiger partial charge in [-0.05, 0) is 19.8 Å². The highest BCUT2D eigenvalue weighted by atomic mass is 16.5. The van der Waals surface area contributed by atoms with Gasteiger partial charge < -0.3 is 10.4 Å². The first kappa shape index (κ1) is 8.01. The van der Waals surface area contributed by atoms with Crippen LogP contribution in [0.15, 0.2) is 0 Å². The zero-order chi connectivity index (χ0) is 8.77. The molecule has 2 aliphatic rings. The molecule has 0 spiro atoms. The Hall–Kier alpha value is -0.610. The lowest BCUT2D eigenvalue weighted by Gasteiger charge is -2.30. The van der Waals surface area contributed by atoms with Crippen molar-refractivity contribution in [3.63, 3.8) is 0 Å². The molecule has 1 fully saturated rings. The zero-order valence-corrected chi connectivity index (χ0v) is 7.29. The number of hydroxylamine groups is 3. The SMILES string of the molecule is C[C@]12CCCCC1=[N+]([O-])CN2O. The molecule has 0 saturated heterocycles. The summed E-state index contributed by atoms with van der Waals surface area (Å²) in [6.45, 7) is 2.06. The molecule has 1 aliphatic carbocycles. The summed E-state index contributed by atoms with van der Waals surface area (Å²) in [7, 11) is 0. The van der Waals surface area contributed by atoms with Gasteiger partial charge in [-0.1, -0.05) is 6.42 Å². The summed E-state index contributed by atoms with van der Waals surface area (Å²) in [4.78, 5) is 0. The van der Waals surface area contributed by atoms with Gasteiger partial charge in [-0.15, -0.1) is 5.06 Å². The van der Waals surface area contributed by atoms with E-state index in [0.717, 1.165) is 36.1 Å². The Bertz CT molecular complexity index is 239. The van der Waals surface area contributed by atoms with E-state index in [4.69, 9.17) is 0 Å². The average Bonchev–Trinajstić information content (AvgIpc) is 2.25. The molecule has 1 N–H and O–H groups in total. The minimum absolute atomic E-state index is 0.117. The molecular formula is C8H14N2O2. The van der Waals surface area contributed by atoms with Gasteiger partial charge in [0, 0.05) is 6.42 Å². The van der Waals surface area contributed by atoms with Crippen LogP contribution in [0.1, 0.15) is 32.6 Å². The minimum Gasteiger partial charge on any atom is -0.623 e. The standard InChI is InChI=1S/C8H14N2O2/c1-8-5-3-2-4-7(8)9(11)6-10(8)12/h12H,2-6H2,1H3/t8-/m0/s1. The van der Waals surface area contributed by atoms with Crippen molar-refractivity contribution < 1.29 is 9.95 Å². The molecule has 4 heteroatoms. The first-order valence-corrected chi connectivity index (χ1v) is 4.42. The molecule has 0 bridgehead atoms. The predicted molar refractivity (Wildman–Crippen MR) is 44.0 cm³/mol. The van der Waals surface area contributed by atoms with Crippen molar-refractivity contribution in [1.82, 2.24) is 5.06 Å². The lowest BCUT2D eigenvalue weighted by Crippen LogP contribution is -2.47. The summed E-state index contributed by atoms with van der Waals surface area (Å²) >= 11 is 0. The van der Waals surface area contributed by atoms with E-state index in [0.29, 0.717) is 0 Å². The molecule has 0 aromatic carbocycles. The second kappa shape index (κ2) is 2.44. The lowest BCUT2D eigenvalue weighted by atomic mass is 9.82. The highest BCUT2D eigenvalue weighted by Gasteiger charge is 2.49. The van der Waals surface area contributed by atoms with Crippen LogP contribution in [0, 0.1) is 5.21 Å².